The molecule has 0 spiro atoms. The monoisotopic (exact) mass is 253 g/mol. The molecule has 3 rings (SSSR count). The molecule has 0 aliphatic heterocycles. The molecule has 0 radical (unpaired) electrons. The third-order valence-corrected chi connectivity index (χ3v) is 2.81. The minimum Gasteiger partial charge on any atom is -0.322 e. The Morgan fingerprint density at radius 3 is 2.47 bits per heavy atom. The van der Waals surface area contributed by atoms with Crippen molar-refractivity contribution in [2.24, 2.45) is 0 Å². The van der Waals surface area contributed by atoms with Crippen molar-refractivity contribution in [3.05, 3.63) is 64.6 Å². The zero-order valence-corrected chi connectivity index (χ0v) is 9.94. The largest absolute Gasteiger partial charge is 0.323 e. The zero-order chi connectivity index (χ0) is 13.2. The van der Waals surface area contributed by atoms with Crippen molar-refractivity contribution in [2.75, 3.05) is 5.32 Å². The predicted octanol–water partition coefficient (Wildman–Crippen LogP) is 2.11. The average molecular weight is 253 g/mol. The first-order valence-corrected chi connectivity index (χ1v) is 5.81. The first-order chi connectivity index (χ1) is 9.22. The summed E-state index contributed by atoms with van der Waals surface area (Å²) in [7, 11) is 0. The van der Waals surface area contributed by atoms with Gasteiger partial charge in [0.25, 0.3) is 5.91 Å². The Labute approximate surface area is 108 Å². The van der Waals surface area contributed by atoms with Crippen LogP contribution in [-0.2, 0) is 0 Å². The molecule has 1 heterocycles. The average Bonchev–Trinajstić information content (AvgIpc) is 2.78. The summed E-state index contributed by atoms with van der Waals surface area (Å²) in [5, 5.41) is 2.79. The van der Waals surface area contributed by atoms with Gasteiger partial charge in [-0.3, -0.25) is 4.79 Å². The molecule has 3 N–H and O–H groups in total. The van der Waals surface area contributed by atoms with Gasteiger partial charge in [-0.1, -0.05) is 18.2 Å². The van der Waals surface area contributed by atoms with Gasteiger partial charge in [-0.25, -0.2) is 4.79 Å². The minimum absolute atomic E-state index is 0.213. The maximum atomic E-state index is 12.1. The van der Waals surface area contributed by atoms with Crippen LogP contribution < -0.4 is 11.0 Å². The van der Waals surface area contributed by atoms with Gasteiger partial charge in [0.2, 0.25) is 0 Å². The Kier molecular flexibility index (Phi) is 2.64. The Balaban J connectivity index is 1.91. The van der Waals surface area contributed by atoms with E-state index in [2.05, 4.69) is 15.3 Å². The summed E-state index contributed by atoms with van der Waals surface area (Å²) in [5.41, 5.74) is 2.24. The summed E-state index contributed by atoms with van der Waals surface area (Å²) in [6.45, 7) is 0. The minimum atomic E-state index is -0.282. The number of amides is 1. The van der Waals surface area contributed by atoms with E-state index in [-0.39, 0.29) is 11.6 Å². The molecule has 0 atom stereocenters. The molecule has 0 bridgehead atoms. The maximum absolute atomic E-state index is 12.1. The lowest BCUT2D eigenvalue weighted by atomic mass is 10.2. The first kappa shape index (κ1) is 11.3. The highest BCUT2D eigenvalue weighted by Crippen LogP contribution is 2.12. The van der Waals surface area contributed by atoms with Crippen molar-refractivity contribution in [1.82, 2.24) is 9.97 Å². The molecule has 1 aromatic heterocycles. The fourth-order valence-electron chi connectivity index (χ4n) is 1.90. The Bertz CT molecular complexity index is 787. The van der Waals surface area contributed by atoms with Gasteiger partial charge in [-0.2, -0.15) is 0 Å². The number of aromatic nitrogens is 2. The highest BCUT2D eigenvalue weighted by molar-refractivity contribution is 6.05. The van der Waals surface area contributed by atoms with E-state index in [1.165, 1.54) is 0 Å². The maximum Gasteiger partial charge on any atom is 0.323 e. The normalized spacial score (nSPS) is 10.5. The number of fused-ring (bicyclic) bond motifs is 1. The van der Waals surface area contributed by atoms with Gasteiger partial charge in [0.15, 0.2) is 0 Å². The number of H-pyrrole nitrogens is 2. The Morgan fingerprint density at radius 2 is 1.68 bits per heavy atom. The van der Waals surface area contributed by atoms with Gasteiger partial charge in [0.05, 0.1) is 11.0 Å². The molecular formula is C14H11N3O2. The molecule has 19 heavy (non-hydrogen) atoms. The van der Waals surface area contributed by atoms with Gasteiger partial charge in [-0.05, 0) is 30.3 Å². The molecule has 2 aromatic carbocycles. The molecule has 1 amide bonds. The number of hydrogen-bond donors (Lipinski definition) is 3. The molecular weight excluding hydrogens is 242 g/mol. The summed E-state index contributed by atoms with van der Waals surface area (Å²) in [5.74, 6) is -0.213. The summed E-state index contributed by atoms with van der Waals surface area (Å²) in [6, 6.07) is 14.2. The molecule has 5 heteroatoms. The second kappa shape index (κ2) is 4.45. The molecule has 0 saturated carbocycles. The van der Waals surface area contributed by atoms with E-state index < -0.39 is 0 Å². The predicted molar refractivity (Wildman–Crippen MR) is 73.3 cm³/mol. The van der Waals surface area contributed by atoms with Gasteiger partial charge < -0.3 is 15.3 Å². The molecule has 5 nitrogen and oxygen atoms in total. The van der Waals surface area contributed by atoms with E-state index >= 15 is 0 Å². The van der Waals surface area contributed by atoms with Crippen LogP contribution >= 0.6 is 0 Å². The van der Waals surface area contributed by atoms with Crippen LogP contribution in [0.3, 0.4) is 0 Å². The van der Waals surface area contributed by atoms with Crippen LogP contribution in [0.1, 0.15) is 10.4 Å². The van der Waals surface area contributed by atoms with Crippen molar-refractivity contribution >= 4 is 22.6 Å². The van der Waals surface area contributed by atoms with Crippen molar-refractivity contribution < 1.29 is 4.79 Å². The molecule has 3 aromatic rings. The van der Waals surface area contributed by atoms with E-state index in [1.54, 1.807) is 18.2 Å². The number of rotatable bonds is 2. The summed E-state index contributed by atoms with van der Waals surface area (Å²) < 4.78 is 0. The number of hydrogen-bond acceptors (Lipinski definition) is 2. The van der Waals surface area contributed by atoms with Crippen LogP contribution in [0.2, 0.25) is 0 Å². The SMILES string of the molecule is O=C(Nc1ccccc1)c1ccc2[nH]c(=O)[nH]c2c1. The Hall–Kier alpha value is -2.82. The van der Waals surface area contributed by atoms with Crippen LogP contribution in [0.4, 0.5) is 5.69 Å². The lowest BCUT2D eigenvalue weighted by molar-refractivity contribution is 0.102. The van der Waals surface area contributed by atoms with Crippen LogP contribution in [0.15, 0.2) is 53.3 Å². The lowest BCUT2D eigenvalue weighted by Crippen LogP contribution is -2.11. The quantitative estimate of drug-likeness (QED) is 0.654. The van der Waals surface area contributed by atoms with Gasteiger partial charge in [-0.15, -0.1) is 0 Å². The van der Waals surface area contributed by atoms with Gasteiger partial charge >= 0.3 is 5.69 Å². The topological polar surface area (TPSA) is 77.8 Å². The van der Waals surface area contributed by atoms with Gasteiger partial charge in [0, 0.05) is 11.3 Å². The van der Waals surface area contributed by atoms with E-state index in [0.29, 0.717) is 16.6 Å². The molecule has 94 valence electrons. The smallest absolute Gasteiger partial charge is 0.322 e. The fraction of sp³-hybridized carbons (Fsp3) is 0. The van der Waals surface area contributed by atoms with Crippen molar-refractivity contribution in [2.45, 2.75) is 0 Å². The number of nitrogens with one attached hydrogen (secondary N) is 3. The standard InChI is InChI=1S/C14H11N3O2/c18-13(15-10-4-2-1-3-5-10)9-6-7-11-12(8-9)17-14(19)16-11/h1-8H,(H,15,18)(H2,16,17,19). The molecule has 0 unspecified atom stereocenters. The van der Waals surface area contributed by atoms with Crippen LogP contribution in [0, 0.1) is 0 Å². The summed E-state index contributed by atoms with van der Waals surface area (Å²) in [4.78, 5) is 28.5. The van der Waals surface area contributed by atoms with E-state index in [1.807, 2.05) is 30.3 Å². The zero-order valence-electron chi connectivity index (χ0n) is 9.94. The number of anilines is 1. The third kappa shape index (κ3) is 2.26. The van der Waals surface area contributed by atoms with Crippen LogP contribution in [0.25, 0.3) is 11.0 Å². The molecule has 0 aliphatic carbocycles. The number of carbonyl (C=O) groups excluding carboxylic acids is 1. The van der Waals surface area contributed by atoms with Crippen LogP contribution in [-0.4, -0.2) is 15.9 Å². The van der Waals surface area contributed by atoms with Crippen molar-refractivity contribution in [1.29, 1.82) is 0 Å². The number of carbonyl (C=O) groups is 1. The highest BCUT2D eigenvalue weighted by atomic mass is 16.2. The molecule has 0 aliphatic rings. The molecule has 0 saturated heterocycles. The number of para-hydroxylation sites is 1. The highest BCUT2D eigenvalue weighted by Gasteiger charge is 2.07. The van der Waals surface area contributed by atoms with Crippen molar-refractivity contribution in [3.63, 3.8) is 0 Å². The third-order valence-electron chi connectivity index (χ3n) is 2.81. The number of imidazole rings is 1. The van der Waals surface area contributed by atoms with Gasteiger partial charge in [0.1, 0.15) is 0 Å². The number of aromatic amines is 2. The number of benzene rings is 2. The second-order valence-corrected chi connectivity index (χ2v) is 4.16. The van der Waals surface area contributed by atoms with E-state index in [9.17, 15) is 9.59 Å². The summed E-state index contributed by atoms with van der Waals surface area (Å²) in [6.07, 6.45) is 0. The Morgan fingerprint density at radius 1 is 0.947 bits per heavy atom. The van der Waals surface area contributed by atoms with E-state index in [0.717, 1.165) is 5.69 Å². The second-order valence-electron chi connectivity index (χ2n) is 4.16. The van der Waals surface area contributed by atoms with E-state index in [4.69, 9.17) is 0 Å². The molecule has 0 fully saturated rings. The lowest BCUT2D eigenvalue weighted by Gasteiger charge is -2.04. The summed E-state index contributed by atoms with van der Waals surface area (Å²) >= 11 is 0. The first-order valence-electron chi connectivity index (χ1n) is 5.81. The fourth-order valence-corrected chi connectivity index (χ4v) is 1.90. The van der Waals surface area contributed by atoms with Crippen molar-refractivity contribution in [3.8, 4) is 0 Å². The van der Waals surface area contributed by atoms with Crippen LogP contribution in [0.5, 0.6) is 0 Å².